The predicted octanol–water partition coefficient (Wildman–Crippen LogP) is 3.86. The molecule has 0 saturated carbocycles. The van der Waals surface area contributed by atoms with Crippen molar-refractivity contribution in [2.45, 2.75) is 59.0 Å². The van der Waals surface area contributed by atoms with Gasteiger partial charge in [0.05, 0.1) is 5.69 Å². The number of nitrogens with zero attached hydrogens (tertiary/aromatic N) is 4. The smallest absolute Gasteiger partial charge is 0.264 e. The molecule has 39 heavy (non-hydrogen) atoms. The number of amides is 3. The molecule has 0 N–H and O–H groups in total. The lowest BCUT2D eigenvalue weighted by atomic mass is 10.0. The van der Waals surface area contributed by atoms with E-state index < -0.39 is 0 Å². The van der Waals surface area contributed by atoms with Gasteiger partial charge in [0.15, 0.2) is 6.61 Å². The van der Waals surface area contributed by atoms with Crippen molar-refractivity contribution in [3.8, 4) is 5.75 Å². The quantitative estimate of drug-likeness (QED) is 0.539. The highest BCUT2D eigenvalue weighted by Gasteiger charge is 2.27. The number of hydrogen-bond donors (Lipinski definition) is 0. The molecular weight excluding hydrogens is 492 g/mol. The number of likely N-dealkylation sites (tertiary alicyclic amines) is 1. The van der Waals surface area contributed by atoms with E-state index in [1.807, 2.05) is 65.3 Å². The third kappa shape index (κ3) is 7.60. The molecule has 2 aliphatic heterocycles. The highest BCUT2D eigenvalue weighted by molar-refractivity contribution is 5.96. The van der Waals surface area contributed by atoms with E-state index in [-0.39, 0.29) is 24.3 Å². The highest BCUT2D eigenvalue weighted by Crippen LogP contribution is 2.28. The van der Waals surface area contributed by atoms with E-state index in [4.69, 9.17) is 4.74 Å². The minimum Gasteiger partial charge on any atom is -0.484 e. The maximum absolute atomic E-state index is 13.6. The molecule has 2 aliphatic rings. The van der Waals surface area contributed by atoms with Gasteiger partial charge in [-0.25, -0.2) is 0 Å². The molecule has 2 heterocycles. The Morgan fingerprint density at radius 3 is 2.41 bits per heavy atom. The van der Waals surface area contributed by atoms with Crippen LogP contribution in [0.15, 0.2) is 48.5 Å². The van der Waals surface area contributed by atoms with E-state index >= 15 is 0 Å². The van der Waals surface area contributed by atoms with Crippen molar-refractivity contribution in [1.82, 2.24) is 14.7 Å². The van der Waals surface area contributed by atoms with Gasteiger partial charge in [0.2, 0.25) is 11.8 Å². The van der Waals surface area contributed by atoms with Crippen LogP contribution in [0.25, 0.3) is 0 Å². The average molecular weight is 535 g/mol. The lowest BCUT2D eigenvalue weighted by molar-refractivity contribution is -0.133. The van der Waals surface area contributed by atoms with Crippen molar-refractivity contribution in [3.63, 3.8) is 0 Å². The number of carbonyl (C=O) groups excluding carboxylic acids is 3. The van der Waals surface area contributed by atoms with Crippen LogP contribution in [0.5, 0.6) is 5.75 Å². The van der Waals surface area contributed by atoms with E-state index in [0.717, 1.165) is 49.3 Å². The molecule has 0 bridgehead atoms. The monoisotopic (exact) mass is 534 g/mol. The number of anilines is 1. The molecule has 2 aromatic rings. The van der Waals surface area contributed by atoms with Crippen molar-refractivity contribution < 1.29 is 19.1 Å². The Kier molecular flexibility index (Phi) is 9.98. The highest BCUT2D eigenvalue weighted by atomic mass is 16.5. The molecule has 0 atom stereocenters. The first-order chi connectivity index (χ1) is 18.8. The van der Waals surface area contributed by atoms with Gasteiger partial charge in [0.1, 0.15) is 5.75 Å². The summed E-state index contributed by atoms with van der Waals surface area (Å²) in [5.74, 6) is 0.734. The van der Waals surface area contributed by atoms with Gasteiger partial charge in [0.25, 0.3) is 5.91 Å². The fourth-order valence-corrected chi connectivity index (χ4v) is 5.47. The van der Waals surface area contributed by atoms with Crippen LogP contribution in [0.4, 0.5) is 5.69 Å². The zero-order valence-electron chi connectivity index (χ0n) is 23.6. The van der Waals surface area contributed by atoms with Gasteiger partial charge in [0, 0.05) is 64.7 Å². The van der Waals surface area contributed by atoms with Crippen LogP contribution in [-0.2, 0) is 20.9 Å². The Morgan fingerprint density at radius 1 is 0.897 bits per heavy atom. The fourth-order valence-electron chi connectivity index (χ4n) is 5.47. The first-order valence-corrected chi connectivity index (χ1v) is 14.2. The lowest BCUT2D eigenvalue weighted by Gasteiger charge is -2.30. The summed E-state index contributed by atoms with van der Waals surface area (Å²) in [6.07, 6.45) is 2.56. The number of benzene rings is 2. The molecule has 4 rings (SSSR count). The second-order valence-corrected chi connectivity index (χ2v) is 10.8. The number of carbonyl (C=O) groups is 3. The van der Waals surface area contributed by atoms with E-state index in [9.17, 15) is 14.4 Å². The molecule has 3 amide bonds. The maximum atomic E-state index is 13.6. The Bertz CT molecular complexity index is 1140. The molecular formula is C31H42N4O4. The molecule has 8 nitrogen and oxygen atoms in total. The number of hydrogen-bond acceptors (Lipinski definition) is 5. The van der Waals surface area contributed by atoms with Crippen LogP contribution < -0.4 is 9.64 Å². The third-order valence-corrected chi connectivity index (χ3v) is 7.69. The fraction of sp³-hybridized carbons (Fsp3) is 0.516. The summed E-state index contributed by atoms with van der Waals surface area (Å²) < 4.78 is 5.84. The Morgan fingerprint density at radius 2 is 1.69 bits per heavy atom. The lowest BCUT2D eigenvalue weighted by Crippen LogP contribution is -2.42. The van der Waals surface area contributed by atoms with Gasteiger partial charge >= 0.3 is 0 Å². The molecule has 0 radical (unpaired) electrons. The summed E-state index contributed by atoms with van der Waals surface area (Å²) >= 11 is 0. The number of ether oxygens (including phenoxy) is 1. The topological polar surface area (TPSA) is 73.4 Å². The van der Waals surface area contributed by atoms with Crippen LogP contribution in [0, 0.1) is 6.92 Å². The van der Waals surface area contributed by atoms with E-state index in [1.54, 1.807) is 4.90 Å². The van der Waals surface area contributed by atoms with Gasteiger partial charge < -0.3 is 19.4 Å². The molecule has 1 saturated heterocycles. The van der Waals surface area contributed by atoms with Gasteiger partial charge in [-0.3, -0.25) is 19.3 Å². The molecule has 0 unspecified atom stereocenters. The summed E-state index contributed by atoms with van der Waals surface area (Å²) in [6.45, 7) is 10.7. The zero-order chi connectivity index (χ0) is 27.8. The molecule has 210 valence electrons. The molecule has 0 aliphatic carbocycles. The van der Waals surface area contributed by atoms with E-state index in [0.29, 0.717) is 50.8 Å². The summed E-state index contributed by atoms with van der Waals surface area (Å²) in [5.41, 5.74) is 2.81. The molecule has 1 fully saturated rings. The van der Waals surface area contributed by atoms with Crippen LogP contribution in [0.1, 0.15) is 50.7 Å². The standard InChI is InChI=1S/C31H42N4O4/c1-24(2)32-17-9-18-35(30(38)23-39-27-12-5-4-6-13-27)31-25(3)10-7-11-26(31)22-34(21-20-32)29(37)15-19-33-16-8-14-28(33)36/h4-7,10-13,24H,8-9,14-23H2,1-3H3. The van der Waals surface area contributed by atoms with Gasteiger partial charge in [-0.2, -0.15) is 0 Å². The van der Waals surface area contributed by atoms with Crippen molar-refractivity contribution in [3.05, 3.63) is 59.7 Å². The largest absolute Gasteiger partial charge is 0.484 e. The Balaban J connectivity index is 1.58. The third-order valence-electron chi connectivity index (χ3n) is 7.69. The number of rotatable bonds is 7. The first kappa shape index (κ1) is 28.6. The second-order valence-electron chi connectivity index (χ2n) is 10.8. The predicted molar refractivity (Wildman–Crippen MR) is 153 cm³/mol. The van der Waals surface area contributed by atoms with Crippen molar-refractivity contribution >= 4 is 23.4 Å². The molecule has 0 spiro atoms. The van der Waals surface area contributed by atoms with E-state index in [1.165, 1.54) is 0 Å². The maximum Gasteiger partial charge on any atom is 0.264 e. The van der Waals surface area contributed by atoms with Gasteiger partial charge in [-0.1, -0.05) is 36.4 Å². The average Bonchev–Trinajstić information content (AvgIpc) is 3.32. The Hall–Kier alpha value is -3.39. The molecule has 2 aromatic carbocycles. The minimum absolute atomic E-state index is 0.0374. The Labute approximate surface area is 232 Å². The van der Waals surface area contributed by atoms with Crippen LogP contribution in [-0.4, -0.2) is 84.3 Å². The number of para-hydroxylation sites is 2. The molecule has 8 heteroatoms. The van der Waals surface area contributed by atoms with Crippen molar-refractivity contribution in [2.75, 3.05) is 50.8 Å². The van der Waals surface area contributed by atoms with E-state index in [2.05, 4.69) is 18.7 Å². The minimum atomic E-state index is -0.102. The number of aryl methyl sites for hydroxylation is 1. The van der Waals surface area contributed by atoms with Crippen LogP contribution in [0.3, 0.4) is 0 Å². The summed E-state index contributed by atoms with van der Waals surface area (Å²) in [6, 6.07) is 15.7. The zero-order valence-corrected chi connectivity index (χ0v) is 23.6. The summed E-state index contributed by atoms with van der Waals surface area (Å²) in [5, 5.41) is 0. The van der Waals surface area contributed by atoms with Crippen LogP contribution >= 0.6 is 0 Å². The van der Waals surface area contributed by atoms with Gasteiger partial charge in [-0.05, 0) is 56.9 Å². The van der Waals surface area contributed by atoms with Crippen molar-refractivity contribution in [2.24, 2.45) is 0 Å². The normalized spacial score (nSPS) is 17.2. The van der Waals surface area contributed by atoms with Crippen molar-refractivity contribution in [1.29, 1.82) is 0 Å². The number of fused-ring (bicyclic) bond motifs is 1. The summed E-state index contributed by atoms with van der Waals surface area (Å²) in [4.78, 5) is 47.2. The van der Waals surface area contributed by atoms with Crippen LogP contribution in [0.2, 0.25) is 0 Å². The SMILES string of the molecule is Cc1cccc2c1N(C(=O)COc1ccccc1)CCCN(C(C)C)CCN(C(=O)CCN1CCCC1=O)C2. The first-order valence-electron chi connectivity index (χ1n) is 14.2. The molecule has 0 aromatic heterocycles. The summed E-state index contributed by atoms with van der Waals surface area (Å²) in [7, 11) is 0. The second kappa shape index (κ2) is 13.6. The van der Waals surface area contributed by atoms with Gasteiger partial charge in [-0.15, -0.1) is 0 Å².